The van der Waals surface area contributed by atoms with Crippen LogP contribution in [-0.2, 0) is 26.5 Å². The van der Waals surface area contributed by atoms with E-state index in [0.717, 1.165) is 22.7 Å². The Kier molecular flexibility index (Phi) is 8.96. The molecule has 5 nitrogen and oxygen atoms in total. The van der Waals surface area contributed by atoms with Gasteiger partial charge in [0.05, 0.1) is 0 Å². The molecule has 0 fully saturated rings. The number of hydrogen-bond acceptors (Lipinski definition) is 5. The third kappa shape index (κ3) is 6.56. The van der Waals surface area contributed by atoms with Crippen LogP contribution in [0.2, 0.25) is 0 Å². The second-order valence-electron chi connectivity index (χ2n) is 11.8. The van der Waals surface area contributed by atoms with Gasteiger partial charge in [-0.2, -0.15) is 12.1 Å². The van der Waals surface area contributed by atoms with Crippen LogP contribution in [0.5, 0.6) is 23.1 Å². The summed E-state index contributed by atoms with van der Waals surface area (Å²) in [6.07, 6.45) is 1.69. The minimum Gasteiger partial charge on any atom is -0.509 e. The first-order valence-corrected chi connectivity index (χ1v) is 15.0. The fourth-order valence-electron chi connectivity index (χ4n) is 5.38. The van der Waals surface area contributed by atoms with E-state index in [9.17, 15) is 0 Å². The van der Waals surface area contributed by atoms with Gasteiger partial charge in [-0.15, -0.1) is 42.7 Å². The van der Waals surface area contributed by atoms with E-state index in [-0.39, 0.29) is 26.5 Å². The summed E-state index contributed by atoms with van der Waals surface area (Å²) in [5.41, 5.74) is 7.74. The van der Waals surface area contributed by atoms with Crippen molar-refractivity contribution in [3.05, 3.63) is 158 Å². The molecule has 0 N–H and O–H groups in total. The fraction of sp³-hybridized carbons (Fsp3) is 0.100. The summed E-state index contributed by atoms with van der Waals surface area (Å²) in [5, 5.41) is 0. The molecule has 2 heterocycles. The van der Waals surface area contributed by atoms with Crippen molar-refractivity contribution in [1.29, 1.82) is 0 Å². The molecule has 7 rings (SSSR count). The predicted octanol–water partition coefficient (Wildman–Crippen LogP) is 10.6. The molecule has 6 aromatic rings. The van der Waals surface area contributed by atoms with Gasteiger partial charge in [0.15, 0.2) is 0 Å². The molecular weight excluding hydrogens is 750 g/mol. The summed E-state index contributed by atoms with van der Waals surface area (Å²) in [6.45, 7) is 8.89. The molecule has 0 amide bonds. The molecule has 0 saturated carbocycles. The minimum atomic E-state index is -0.000680. The number of anilines is 4. The van der Waals surface area contributed by atoms with Crippen molar-refractivity contribution in [1.82, 2.24) is 4.98 Å². The number of aromatic nitrogens is 1. The van der Waals surface area contributed by atoms with Crippen LogP contribution in [0.4, 0.5) is 22.7 Å². The molecule has 0 aliphatic carbocycles. The zero-order chi connectivity index (χ0) is 30.8. The number of ether oxygens (including phenoxy) is 2. The van der Waals surface area contributed by atoms with Gasteiger partial charge in [-0.1, -0.05) is 87.5 Å². The maximum atomic E-state index is 6.22. The Morgan fingerprint density at radius 3 is 1.98 bits per heavy atom. The molecule has 232 valence electrons. The van der Waals surface area contributed by atoms with Crippen LogP contribution in [0.25, 0.3) is 11.1 Å². The van der Waals surface area contributed by atoms with E-state index in [2.05, 4.69) is 127 Å². The van der Waals surface area contributed by atoms with Gasteiger partial charge >= 0.3 is 0 Å². The molecule has 0 atom stereocenters. The smallest absolute Gasteiger partial charge is 0.216 e. The van der Waals surface area contributed by atoms with Crippen LogP contribution < -0.4 is 19.3 Å². The predicted molar refractivity (Wildman–Crippen MR) is 181 cm³/mol. The van der Waals surface area contributed by atoms with E-state index in [1.54, 1.807) is 12.3 Å². The fourth-order valence-corrected chi connectivity index (χ4v) is 5.38. The molecule has 0 spiro atoms. The third-order valence-corrected chi connectivity index (χ3v) is 7.67. The Labute approximate surface area is 285 Å². The SMILES string of the molecule is CC(C)(C)c1ccc(-c2ccccc2)c(N2[CH-]N(c3[c-]c(Oc4[c-]c(Oc5ccccn5)ccc4)ccc3)c3ccccc32)c1.[Pt]. The number of para-hydroxylation sites is 2. The topological polar surface area (TPSA) is 37.8 Å². The van der Waals surface area contributed by atoms with Gasteiger partial charge in [0, 0.05) is 73.2 Å². The monoisotopic (exact) mass is 781 g/mol. The van der Waals surface area contributed by atoms with Crippen LogP contribution in [-0.4, -0.2) is 4.98 Å². The van der Waals surface area contributed by atoms with Crippen LogP contribution in [0.3, 0.4) is 0 Å². The summed E-state index contributed by atoms with van der Waals surface area (Å²) in [6, 6.07) is 49.4. The second-order valence-corrected chi connectivity index (χ2v) is 11.8. The zero-order valence-corrected chi connectivity index (χ0v) is 28.0. The van der Waals surface area contributed by atoms with Crippen LogP contribution in [0, 0.1) is 18.8 Å². The summed E-state index contributed by atoms with van der Waals surface area (Å²) in [4.78, 5) is 8.66. The first-order chi connectivity index (χ1) is 21.9. The van der Waals surface area contributed by atoms with E-state index in [1.807, 2.05) is 48.5 Å². The first kappa shape index (κ1) is 31.1. The number of fused-ring (bicyclic) bond motifs is 1. The first-order valence-electron chi connectivity index (χ1n) is 15.0. The van der Waals surface area contributed by atoms with Crippen molar-refractivity contribution in [2.24, 2.45) is 0 Å². The Balaban J connectivity index is 0.00000372. The van der Waals surface area contributed by atoms with Crippen molar-refractivity contribution in [3.63, 3.8) is 0 Å². The van der Waals surface area contributed by atoms with Gasteiger partial charge in [0.2, 0.25) is 5.88 Å². The third-order valence-electron chi connectivity index (χ3n) is 7.67. The van der Waals surface area contributed by atoms with E-state index in [1.165, 1.54) is 16.7 Å². The molecule has 1 aromatic heterocycles. The van der Waals surface area contributed by atoms with Crippen LogP contribution >= 0.6 is 0 Å². The Bertz CT molecular complexity index is 1940. The second kappa shape index (κ2) is 13.2. The van der Waals surface area contributed by atoms with E-state index >= 15 is 0 Å². The van der Waals surface area contributed by atoms with Gasteiger partial charge < -0.3 is 19.3 Å². The van der Waals surface area contributed by atoms with Crippen molar-refractivity contribution in [3.8, 4) is 34.3 Å². The number of benzene rings is 5. The van der Waals surface area contributed by atoms with Crippen molar-refractivity contribution in [2.75, 3.05) is 9.80 Å². The Hall–Kier alpha value is -4.86. The van der Waals surface area contributed by atoms with Gasteiger partial charge in [0.25, 0.3) is 0 Å². The summed E-state index contributed by atoms with van der Waals surface area (Å²) in [7, 11) is 0. The van der Waals surface area contributed by atoms with Crippen molar-refractivity contribution >= 4 is 22.7 Å². The van der Waals surface area contributed by atoms with E-state index in [0.29, 0.717) is 23.1 Å². The molecule has 1 aliphatic rings. The molecule has 0 bridgehead atoms. The summed E-state index contributed by atoms with van der Waals surface area (Å²) < 4.78 is 12.1. The maximum Gasteiger partial charge on any atom is 0.216 e. The summed E-state index contributed by atoms with van der Waals surface area (Å²) >= 11 is 0. The molecule has 0 saturated heterocycles. The molecular formula is C40H32N3O2Pt-3. The summed E-state index contributed by atoms with van der Waals surface area (Å²) in [5.74, 6) is 2.11. The van der Waals surface area contributed by atoms with E-state index < -0.39 is 0 Å². The molecule has 1 aliphatic heterocycles. The average Bonchev–Trinajstić information content (AvgIpc) is 3.45. The van der Waals surface area contributed by atoms with Crippen molar-refractivity contribution < 1.29 is 30.5 Å². The number of rotatable bonds is 7. The minimum absolute atomic E-state index is 0. The molecule has 0 unspecified atom stereocenters. The zero-order valence-electron chi connectivity index (χ0n) is 25.8. The largest absolute Gasteiger partial charge is 0.509 e. The van der Waals surface area contributed by atoms with Crippen LogP contribution in [0.1, 0.15) is 26.3 Å². The molecule has 5 aromatic carbocycles. The molecule has 46 heavy (non-hydrogen) atoms. The normalized spacial score (nSPS) is 12.3. The average molecular weight is 782 g/mol. The Morgan fingerprint density at radius 2 is 1.26 bits per heavy atom. The van der Waals surface area contributed by atoms with E-state index in [4.69, 9.17) is 9.47 Å². The van der Waals surface area contributed by atoms with Gasteiger partial charge in [0.1, 0.15) is 0 Å². The van der Waals surface area contributed by atoms with Crippen LogP contribution in [0.15, 0.2) is 134 Å². The number of pyridine rings is 1. The number of nitrogens with zero attached hydrogens (tertiary/aromatic N) is 3. The molecule has 0 radical (unpaired) electrons. The maximum absolute atomic E-state index is 6.22. The number of hydrogen-bond donors (Lipinski definition) is 0. The van der Waals surface area contributed by atoms with Crippen molar-refractivity contribution in [2.45, 2.75) is 26.2 Å². The Morgan fingerprint density at radius 1 is 0.609 bits per heavy atom. The van der Waals surface area contributed by atoms with Gasteiger partial charge in [-0.3, -0.25) is 0 Å². The van der Waals surface area contributed by atoms with Gasteiger partial charge in [-0.05, 0) is 40.8 Å². The van der Waals surface area contributed by atoms with Gasteiger partial charge in [-0.25, -0.2) is 4.98 Å². The quantitative estimate of drug-likeness (QED) is 0.151. The molecule has 6 heteroatoms. The standard InChI is InChI=1S/C40H32N3O2.Pt/c1-40(2,3)30-22-23-35(29-13-5-4-6-14-29)38(25-30)43-28-42(36-19-7-8-20-37(36)43)31-15-11-16-32(26-31)44-33-17-12-18-34(27-33)45-39-21-9-10-24-41-39;/h4-25,28H,1-3H3;/q-3;.